The summed E-state index contributed by atoms with van der Waals surface area (Å²) in [5.74, 6) is 0. The highest BCUT2D eigenvalue weighted by molar-refractivity contribution is 7.99. The molecule has 0 aromatic carbocycles. The van der Waals surface area contributed by atoms with Gasteiger partial charge in [0, 0.05) is 22.4 Å². The van der Waals surface area contributed by atoms with Crippen molar-refractivity contribution in [2.24, 2.45) is 0 Å². The van der Waals surface area contributed by atoms with Crippen LogP contribution in [0.2, 0.25) is 0 Å². The predicted molar refractivity (Wildman–Crippen MR) is 67.3 cm³/mol. The molecule has 1 rings (SSSR count). The maximum absolute atomic E-state index is 4.49. The Hall–Kier alpha value is -0.540. The molecule has 0 aliphatic heterocycles. The molecule has 0 aliphatic carbocycles. The van der Waals surface area contributed by atoms with Crippen molar-refractivity contribution < 1.29 is 0 Å². The molecule has 1 aromatic rings. The first-order valence-electron chi connectivity index (χ1n) is 5.47. The number of rotatable bonds is 5. The molecule has 3 heteroatoms. The standard InChI is InChI=1S/C12H20N2S/c1-5-11(13-4)12-7-6-10(8-14-12)15-9(2)3/h6-9,11,13H,5H2,1-4H3. The van der Waals surface area contributed by atoms with E-state index in [9.17, 15) is 0 Å². The Bertz CT molecular complexity index is 278. The molecule has 0 saturated carbocycles. The average molecular weight is 224 g/mol. The van der Waals surface area contributed by atoms with E-state index < -0.39 is 0 Å². The van der Waals surface area contributed by atoms with Crippen molar-refractivity contribution in [2.75, 3.05) is 7.05 Å². The minimum absolute atomic E-state index is 0.378. The van der Waals surface area contributed by atoms with Gasteiger partial charge in [0.1, 0.15) is 0 Å². The fourth-order valence-electron chi connectivity index (χ4n) is 1.50. The molecule has 1 heterocycles. The summed E-state index contributed by atoms with van der Waals surface area (Å²) < 4.78 is 0. The topological polar surface area (TPSA) is 24.9 Å². The van der Waals surface area contributed by atoms with Gasteiger partial charge < -0.3 is 5.32 Å². The first-order chi connectivity index (χ1) is 7.17. The van der Waals surface area contributed by atoms with Gasteiger partial charge in [0.25, 0.3) is 0 Å². The molecule has 1 aromatic heterocycles. The lowest BCUT2D eigenvalue weighted by molar-refractivity contribution is 0.561. The Kier molecular flexibility index (Phi) is 5.12. The Balaban J connectivity index is 2.71. The van der Waals surface area contributed by atoms with Gasteiger partial charge in [0.2, 0.25) is 0 Å². The van der Waals surface area contributed by atoms with E-state index in [1.165, 1.54) is 4.90 Å². The van der Waals surface area contributed by atoms with Gasteiger partial charge in [-0.3, -0.25) is 4.98 Å². The lowest BCUT2D eigenvalue weighted by Crippen LogP contribution is -2.16. The van der Waals surface area contributed by atoms with Crippen molar-refractivity contribution >= 4 is 11.8 Å². The van der Waals surface area contributed by atoms with Gasteiger partial charge in [-0.1, -0.05) is 20.8 Å². The van der Waals surface area contributed by atoms with Gasteiger partial charge in [-0.05, 0) is 25.6 Å². The number of nitrogens with zero attached hydrogens (tertiary/aromatic N) is 1. The second-order valence-corrected chi connectivity index (χ2v) is 5.48. The molecule has 0 spiro atoms. The summed E-state index contributed by atoms with van der Waals surface area (Å²) in [5.41, 5.74) is 1.13. The largest absolute Gasteiger partial charge is 0.312 e. The first kappa shape index (κ1) is 12.5. The van der Waals surface area contributed by atoms with E-state index in [1.807, 2.05) is 25.0 Å². The van der Waals surface area contributed by atoms with Crippen LogP contribution in [-0.2, 0) is 0 Å². The summed E-state index contributed by atoms with van der Waals surface area (Å²) in [6, 6.07) is 4.66. The zero-order chi connectivity index (χ0) is 11.3. The smallest absolute Gasteiger partial charge is 0.0573 e. The van der Waals surface area contributed by atoms with Gasteiger partial charge in [-0.25, -0.2) is 0 Å². The summed E-state index contributed by atoms with van der Waals surface area (Å²) >= 11 is 1.85. The Morgan fingerprint density at radius 3 is 2.53 bits per heavy atom. The van der Waals surface area contributed by atoms with Crippen LogP contribution in [0.25, 0.3) is 0 Å². The number of hydrogen-bond acceptors (Lipinski definition) is 3. The van der Waals surface area contributed by atoms with Crippen LogP contribution < -0.4 is 5.32 Å². The van der Waals surface area contributed by atoms with Crippen molar-refractivity contribution in [1.82, 2.24) is 10.3 Å². The number of pyridine rings is 1. The third kappa shape index (κ3) is 3.84. The lowest BCUT2D eigenvalue weighted by Gasteiger charge is -2.13. The van der Waals surface area contributed by atoms with E-state index in [0.29, 0.717) is 11.3 Å². The number of hydrogen-bond donors (Lipinski definition) is 1. The van der Waals surface area contributed by atoms with Crippen LogP contribution in [0.1, 0.15) is 38.9 Å². The van der Waals surface area contributed by atoms with E-state index in [2.05, 4.69) is 43.2 Å². The molecule has 15 heavy (non-hydrogen) atoms. The minimum Gasteiger partial charge on any atom is -0.312 e. The molecule has 0 saturated heterocycles. The first-order valence-corrected chi connectivity index (χ1v) is 6.35. The Morgan fingerprint density at radius 1 is 1.40 bits per heavy atom. The molecule has 0 bridgehead atoms. The molecule has 0 aliphatic rings. The molecule has 1 unspecified atom stereocenters. The monoisotopic (exact) mass is 224 g/mol. The van der Waals surface area contributed by atoms with E-state index >= 15 is 0 Å². The zero-order valence-electron chi connectivity index (χ0n) is 9.95. The van der Waals surface area contributed by atoms with Crippen molar-refractivity contribution in [3.63, 3.8) is 0 Å². The highest BCUT2D eigenvalue weighted by Gasteiger charge is 2.07. The van der Waals surface area contributed by atoms with Crippen LogP contribution in [-0.4, -0.2) is 17.3 Å². The van der Waals surface area contributed by atoms with Crippen LogP contribution in [0.4, 0.5) is 0 Å². The molecule has 0 radical (unpaired) electrons. The van der Waals surface area contributed by atoms with Crippen LogP contribution in [0.15, 0.2) is 23.2 Å². The quantitative estimate of drug-likeness (QED) is 0.777. The maximum atomic E-state index is 4.49. The normalized spacial score (nSPS) is 13.1. The molecule has 84 valence electrons. The third-order valence-electron chi connectivity index (χ3n) is 2.24. The molecule has 0 amide bonds. The van der Waals surface area contributed by atoms with E-state index in [1.54, 1.807) is 0 Å². The third-order valence-corrected chi connectivity index (χ3v) is 3.23. The van der Waals surface area contributed by atoms with Gasteiger partial charge in [-0.2, -0.15) is 0 Å². The second-order valence-electron chi connectivity index (χ2n) is 3.83. The number of thioether (sulfide) groups is 1. The zero-order valence-corrected chi connectivity index (χ0v) is 10.8. The Labute approximate surface area is 96.9 Å². The van der Waals surface area contributed by atoms with Crippen LogP contribution in [0.5, 0.6) is 0 Å². The number of nitrogens with one attached hydrogen (secondary N) is 1. The second kappa shape index (κ2) is 6.13. The van der Waals surface area contributed by atoms with Gasteiger partial charge in [-0.15, -0.1) is 11.8 Å². The molecular formula is C12H20N2S. The molecule has 2 nitrogen and oxygen atoms in total. The molecular weight excluding hydrogens is 204 g/mol. The van der Waals surface area contributed by atoms with Crippen molar-refractivity contribution in [3.05, 3.63) is 24.0 Å². The lowest BCUT2D eigenvalue weighted by atomic mass is 10.1. The molecule has 0 fully saturated rings. The average Bonchev–Trinajstić information content (AvgIpc) is 2.21. The van der Waals surface area contributed by atoms with E-state index in [4.69, 9.17) is 0 Å². The van der Waals surface area contributed by atoms with E-state index in [-0.39, 0.29) is 0 Å². The maximum Gasteiger partial charge on any atom is 0.0573 e. The summed E-state index contributed by atoms with van der Waals surface area (Å²) in [7, 11) is 1.98. The molecule has 1 atom stereocenters. The van der Waals surface area contributed by atoms with Gasteiger partial charge >= 0.3 is 0 Å². The van der Waals surface area contributed by atoms with Crippen molar-refractivity contribution in [1.29, 1.82) is 0 Å². The Morgan fingerprint density at radius 2 is 2.13 bits per heavy atom. The molecule has 1 N–H and O–H groups in total. The predicted octanol–water partition coefficient (Wildman–Crippen LogP) is 3.25. The highest BCUT2D eigenvalue weighted by Crippen LogP contribution is 2.23. The van der Waals surface area contributed by atoms with Crippen LogP contribution >= 0.6 is 11.8 Å². The summed E-state index contributed by atoms with van der Waals surface area (Å²) in [6.07, 6.45) is 3.04. The summed E-state index contributed by atoms with van der Waals surface area (Å²) in [6.45, 7) is 6.56. The fourth-order valence-corrected chi connectivity index (χ4v) is 2.31. The SMILES string of the molecule is CCC(NC)c1ccc(SC(C)C)cn1. The fraction of sp³-hybridized carbons (Fsp3) is 0.583. The summed E-state index contributed by atoms with van der Waals surface area (Å²) in [5, 5.41) is 3.87. The van der Waals surface area contributed by atoms with Gasteiger partial charge in [0.05, 0.1) is 5.69 Å². The van der Waals surface area contributed by atoms with Crippen LogP contribution in [0.3, 0.4) is 0 Å². The van der Waals surface area contributed by atoms with Crippen molar-refractivity contribution in [3.8, 4) is 0 Å². The van der Waals surface area contributed by atoms with Crippen LogP contribution in [0, 0.1) is 0 Å². The highest BCUT2D eigenvalue weighted by atomic mass is 32.2. The number of aromatic nitrogens is 1. The van der Waals surface area contributed by atoms with Crippen molar-refractivity contribution in [2.45, 2.75) is 43.4 Å². The summed E-state index contributed by atoms with van der Waals surface area (Å²) in [4.78, 5) is 5.74. The minimum atomic E-state index is 0.378. The van der Waals surface area contributed by atoms with Gasteiger partial charge in [0.15, 0.2) is 0 Å². The van der Waals surface area contributed by atoms with E-state index in [0.717, 1.165) is 12.1 Å².